The zero-order valence-corrected chi connectivity index (χ0v) is 32.3. The number of benzene rings is 1. The number of hydrogen-bond acceptors (Lipinski definition) is 8. The molecule has 0 bridgehead atoms. The van der Waals surface area contributed by atoms with Gasteiger partial charge in [-0.1, -0.05) is 26.2 Å². The minimum atomic E-state index is -0.709. The van der Waals surface area contributed by atoms with Crippen LogP contribution in [0.1, 0.15) is 122 Å². The number of anilines is 1. The Bertz CT molecular complexity index is 1540. The summed E-state index contributed by atoms with van der Waals surface area (Å²) in [5, 5.41) is 6.46. The van der Waals surface area contributed by atoms with Crippen LogP contribution in [0, 0.1) is 23.7 Å². The van der Waals surface area contributed by atoms with E-state index in [4.69, 9.17) is 18.6 Å². The van der Waals surface area contributed by atoms with Crippen molar-refractivity contribution < 1.29 is 42.2 Å². The van der Waals surface area contributed by atoms with Gasteiger partial charge in [-0.2, -0.15) is 0 Å². The van der Waals surface area contributed by atoms with Crippen LogP contribution in [-0.4, -0.2) is 79.5 Å². The summed E-state index contributed by atoms with van der Waals surface area (Å²) in [6.45, 7) is 7.55. The van der Waals surface area contributed by atoms with Crippen molar-refractivity contribution in [3.63, 3.8) is 0 Å². The number of unbranched alkanes of at least 4 members (excludes halogenated alkanes) is 3. The smallest absolute Gasteiger partial charge is 0.407 e. The molecule has 1 aromatic heterocycles. The maximum Gasteiger partial charge on any atom is 0.407 e. The van der Waals surface area contributed by atoms with Crippen molar-refractivity contribution in [3.05, 3.63) is 30.0 Å². The van der Waals surface area contributed by atoms with E-state index in [-0.39, 0.29) is 41.4 Å². The molecule has 1 aliphatic heterocycles. The third kappa shape index (κ3) is 10.7. The van der Waals surface area contributed by atoms with Gasteiger partial charge in [-0.05, 0) is 127 Å². The fourth-order valence-corrected chi connectivity index (χ4v) is 8.59. The zero-order chi connectivity index (χ0) is 38.1. The molecule has 53 heavy (non-hydrogen) atoms. The average molecular weight is 742 g/mol. The van der Waals surface area contributed by atoms with Crippen LogP contribution in [0.4, 0.5) is 14.9 Å². The van der Waals surface area contributed by atoms with Crippen LogP contribution < -0.4 is 10.6 Å². The van der Waals surface area contributed by atoms with Crippen LogP contribution in [0.5, 0.6) is 0 Å². The van der Waals surface area contributed by atoms with E-state index in [9.17, 15) is 23.6 Å². The summed E-state index contributed by atoms with van der Waals surface area (Å²) >= 11 is 0. The lowest BCUT2D eigenvalue weighted by molar-refractivity contribution is -0.142. The van der Waals surface area contributed by atoms with Gasteiger partial charge in [0.1, 0.15) is 23.9 Å². The van der Waals surface area contributed by atoms with Gasteiger partial charge in [-0.3, -0.25) is 9.59 Å². The Morgan fingerprint density at radius 1 is 0.962 bits per heavy atom. The molecule has 2 aromatic rings. The van der Waals surface area contributed by atoms with Crippen LogP contribution in [0.2, 0.25) is 0 Å². The first-order valence-corrected chi connectivity index (χ1v) is 19.8. The molecule has 2 N–H and O–H groups in total. The van der Waals surface area contributed by atoms with Crippen LogP contribution in [0.15, 0.2) is 28.7 Å². The number of methoxy groups -OCH3 is 1. The highest BCUT2D eigenvalue weighted by molar-refractivity contribution is 6.00. The SMILES string of the molecule is CCCCCCOC(=O)c1cc2cc(NC(=O)[C@@H]3[C@H](C4CCC(OC)CC4)CCN3C(=O)[C@H]3CC[C@H]([C@@H](CF)NC(=O)OC(C)(C)C)CC3)ccc2o1. The first-order chi connectivity index (χ1) is 25.4. The van der Waals surface area contributed by atoms with Gasteiger partial charge < -0.3 is 34.2 Å². The van der Waals surface area contributed by atoms with E-state index >= 15 is 0 Å². The molecule has 3 amide bonds. The molecule has 5 rings (SSSR count). The molecule has 0 unspecified atom stereocenters. The topological polar surface area (TPSA) is 136 Å². The number of rotatable bonds is 14. The van der Waals surface area contributed by atoms with E-state index in [1.807, 2.05) is 0 Å². The van der Waals surface area contributed by atoms with Crippen molar-refractivity contribution in [2.24, 2.45) is 23.7 Å². The van der Waals surface area contributed by atoms with Crippen molar-refractivity contribution in [3.8, 4) is 0 Å². The molecule has 3 atom stereocenters. The molecule has 3 fully saturated rings. The first-order valence-electron chi connectivity index (χ1n) is 19.8. The Hall–Kier alpha value is -3.67. The minimum Gasteiger partial charge on any atom is -0.460 e. The van der Waals surface area contributed by atoms with Gasteiger partial charge in [-0.15, -0.1) is 0 Å². The number of alkyl carbamates (subject to hydrolysis) is 1. The number of esters is 1. The number of ether oxygens (including phenoxy) is 3. The number of furan rings is 1. The summed E-state index contributed by atoms with van der Waals surface area (Å²) in [7, 11) is 1.74. The lowest BCUT2D eigenvalue weighted by atomic mass is 9.75. The number of amides is 3. The van der Waals surface area contributed by atoms with Crippen LogP contribution in [0.25, 0.3) is 11.0 Å². The van der Waals surface area contributed by atoms with Crippen molar-refractivity contribution >= 4 is 40.5 Å². The Morgan fingerprint density at radius 3 is 2.36 bits per heavy atom. The highest BCUT2D eigenvalue weighted by atomic mass is 19.1. The maximum atomic E-state index is 14.3. The second-order valence-corrected chi connectivity index (χ2v) is 16.3. The van der Waals surface area contributed by atoms with E-state index in [2.05, 4.69) is 17.6 Å². The molecule has 3 aliphatic rings. The normalized spacial score (nSPS) is 25.5. The molecule has 2 aliphatic carbocycles. The number of nitrogens with one attached hydrogen (secondary N) is 2. The summed E-state index contributed by atoms with van der Waals surface area (Å²) in [4.78, 5) is 55.3. The first kappa shape index (κ1) is 40.5. The summed E-state index contributed by atoms with van der Waals surface area (Å²) < 4.78 is 36.2. The molecule has 2 heterocycles. The lowest BCUT2D eigenvalue weighted by Crippen LogP contribution is -2.50. The Kier molecular flexibility index (Phi) is 14.2. The largest absolute Gasteiger partial charge is 0.460 e. The number of likely N-dealkylation sites (tertiary alicyclic amines) is 1. The fraction of sp³-hybridized carbons (Fsp3) is 0.707. The summed E-state index contributed by atoms with van der Waals surface area (Å²) in [6.07, 6.45) is 10.4. The third-order valence-corrected chi connectivity index (χ3v) is 11.4. The molecule has 294 valence electrons. The number of nitrogens with zero attached hydrogens (tertiary/aromatic N) is 1. The van der Waals surface area contributed by atoms with Gasteiger partial charge >= 0.3 is 12.1 Å². The molecular weight excluding hydrogens is 681 g/mol. The summed E-state index contributed by atoms with van der Waals surface area (Å²) in [5.74, 6) is -0.731. The molecular formula is C41H60FN3O8. The van der Waals surface area contributed by atoms with E-state index in [0.29, 0.717) is 61.4 Å². The molecule has 1 saturated heterocycles. The zero-order valence-electron chi connectivity index (χ0n) is 32.3. The number of halogens is 1. The number of carbonyl (C=O) groups is 4. The predicted molar refractivity (Wildman–Crippen MR) is 200 cm³/mol. The van der Waals surface area contributed by atoms with Crippen LogP contribution in [0.3, 0.4) is 0 Å². The monoisotopic (exact) mass is 741 g/mol. The average Bonchev–Trinajstić information content (AvgIpc) is 3.78. The van der Waals surface area contributed by atoms with E-state index in [1.165, 1.54) is 0 Å². The third-order valence-electron chi connectivity index (χ3n) is 11.4. The summed E-state index contributed by atoms with van der Waals surface area (Å²) in [5.41, 5.74) is 0.380. The molecule has 0 spiro atoms. The Labute approximate surface area is 313 Å². The number of alkyl halides is 1. The molecule has 1 aromatic carbocycles. The summed E-state index contributed by atoms with van der Waals surface area (Å²) in [6, 6.07) is 5.58. The lowest BCUT2D eigenvalue weighted by Gasteiger charge is -2.38. The van der Waals surface area contributed by atoms with E-state index in [1.54, 1.807) is 57.0 Å². The molecule has 0 radical (unpaired) electrons. The predicted octanol–water partition coefficient (Wildman–Crippen LogP) is 8.20. The molecule has 2 saturated carbocycles. The van der Waals surface area contributed by atoms with Crippen molar-refractivity contribution in [1.82, 2.24) is 10.2 Å². The Balaban J connectivity index is 1.26. The fourth-order valence-electron chi connectivity index (χ4n) is 8.59. The number of carbonyl (C=O) groups excluding carboxylic acids is 4. The van der Waals surface area contributed by atoms with Gasteiger partial charge in [0.25, 0.3) is 0 Å². The van der Waals surface area contributed by atoms with E-state index in [0.717, 1.165) is 57.8 Å². The quantitative estimate of drug-likeness (QED) is 0.146. The van der Waals surface area contributed by atoms with Crippen molar-refractivity contribution in [2.45, 2.75) is 135 Å². The van der Waals surface area contributed by atoms with Gasteiger partial charge in [0.2, 0.25) is 17.6 Å². The van der Waals surface area contributed by atoms with Crippen molar-refractivity contribution in [2.75, 3.05) is 32.3 Å². The maximum absolute atomic E-state index is 14.3. The molecule has 11 nitrogen and oxygen atoms in total. The highest BCUT2D eigenvalue weighted by Gasteiger charge is 2.47. The van der Waals surface area contributed by atoms with Crippen molar-refractivity contribution in [1.29, 1.82) is 0 Å². The molecule has 12 heteroatoms. The van der Waals surface area contributed by atoms with E-state index < -0.39 is 36.4 Å². The Morgan fingerprint density at radius 2 is 1.70 bits per heavy atom. The number of hydrogen-bond donors (Lipinski definition) is 2. The van der Waals surface area contributed by atoms with Gasteiger partial charge in [0, 0.05) is 30.6 Å². The highest BCUT2D eigenvalue weighted by Crippen LogP contribution is 2.42. The van der Waals surface area contributed by atoms with Gasteiger partial charge in [0.05, 0.1) is 18.8 Å². The van der Waals surface area contributed by atoms with Crippen LogP contribution >= 0.6 is 0 Å². The number of fused-ring (bicyclic) bond motifs is 1. The second kappa shape index (κ2) is 18.6. The van der Waals surface area contributed by atoms with Crippen LogP contribution in [-0.2, 0) is 23.8 Å². The van der Waals surface area contributed by atoms with Gasteiger partial charge in [0.15, 0.2) is 0 Å². The van der Waals surface area contributed by atoms with Gasteiger partial charge in [-0.25, -0.2) is 14.0 Å². The second-order valence-electron chi connectivity index (χ2n) is 16.3. The standard InChI is InChI=1S/C41H60FN3O8/c1-6-7-8-9-22-51-39(48)35-24-29-23-30(16-19-34(29)52-35)43-37(46)36-32(26-14-17-31(50-5)18-15-26)20-21-45(36)38(47)28-12-10-27(11-13-28)33(25-42)44-40(49)53-41(2,3)4/h16,19,23-24,26-28,31-33,36H,6-15,17-18,20-22,25H2,1-5H3,(H,43,46)(H,44,49)/t26?,27-,28-,31?,32-,33+,36-/m0/s1. The minimum absolute atomic E-state index is 0.0124.